The number of pyridine rings is 1. The topological polar surface area (TPSA) is 24.9 Å². The molecule has 1 aromatic heterocycles. The van der Waals surface area contributed by atoms with Gasteiger partial charge in [-0.1, -0.05) is 19.1 Å². The molecule has 2 rings (SSSR count). The van der Waals surface area contributed by atoms with Crippen LogP contribution in [0, 0.1) is 0 Å². The Hall–Kier alpha value is -1.15. The van der Waals surface area contributed by atoms with Gasteiger partial charge in [-0.15, -0.1) is 6.58 Å². The van der Waals surface area contributed by atoms with Gasteiger partial charge in [-0.05, 0) is 37.4 Å². The van der Waals surface area contributed by atoms with Crippen LogP contribution in [0.5, 0.6) is 0 Å². The van der Waals surface area contributed by atoms with Crippen molar-refractivity contribution in [2.75, 3.05) is 6.54 Å². The fraction of sp³-hybridized carbons (Fsp3) is 0.500. The summed E-state index contributed by atoms with van der Waals surface area (Å²) in [5.41, 5.74) is 2.73. The van der Waals surface area contributed by atoms with Crippen LogP contribution in [0.4, 0.5) is 0 Å². The van der Waals surface area contributed by atoms with E-state index in [0.29, 0.717) is 12.0 Å². The number of nitrogens with zero attached hydrogens (tertiary/aromatic N) is 1. The summed E-state index contributed by atoms with van der Waals surface area (Å²) in [4.78, 5) is 4.55. The third kappa shape index (κ3) is 2.17. The first-order valence-corrected chi connectivity index (χ1v) is 6.15. The molecule has 0 saturated carbocycles. The zero-order valence-electron chi connectivity index (χ0n) is 9.95. The standard InChI is InChI=1S/C14H20N2/c1-3-6-13(15-4-2)12-9-8-11-7-5-10-16-14(11)12/h3,5,7,10,12-13,15H,1,4,6,8-9H2,2H3. The molecular formula is C14H20N2. The molecule has 2 heteroatoms. The van der Waals surface area contributed by atoms with Crippen LogP contribution in [-0.2, 0) is 6.42 Å². The fourth-order valence-corrected chi connectivity index (χ4v) is 2.67. The molecule has 0 fully saturated rings. The van der Waals surface area contributed by atoms with Crippen molar-refractivity contribution in [1.82, 2.24) is 10.3 Å². The minimum absolute atomic E-state index is 0.499. The molecule has 0 radical (unpaired) electrons. The summed E-state index contributed by atoms with van der Waals surface area (Å²) in [7, 11) is 0. The van der Waals surface area contributed by atoms with E-state index in [9.17, 15) is 0 Å². The Bertz CT molecular complexity index is 360. The second kappa shape index (κ2) is 5.26. The minimum Gasteiger partial charge on any atom is -0.313 e. The molecule has 1 heterocycles. The highest BCUT2D eigenvalue weighted by atomic mass is 14.9. The molecule has 0 amide bonds. The highest BCUT2D eigenvalue weighted by Crippen LogP contribution is 2.34. The third-order valence-corrected chi connectivity index (χ3v) is 3.37. The fourth-order valence-electron chi connectivity index (χ4n) is 2.67. The maximum atomic E-state index is 4.55. The van der Waals surface area contributed by atoms with E-state index in [2.05, 4.69) is 29.9 Å². The SMILES string of the molecule is C=CCC(NCC)C1CCc2cccnc21. The number of aryl methyl sites for hydroxylation is 1. The summed E-state index contributed by atoms with van der Waals surface area (Å²) >= 11 is 0. The number of hydrogen-bond donors (Lipinski definition) is 1. The highest BCUT2D eigenvalue weighted by molar-refractivity contribution is 5.30. The van der Waals surface area contributed by atoms with Crippen molar-refractivity contribution in [3.05, 3.63) is 42.2 Å². The number of fused-ring (bicyclic) bond motifs is 1. The van der Waals surface area contributed by atoms with Crippen molar-refractivity contribution in [2.45, 2.75) is 38.1 Å². The lowest BCUT2D eigenvalue weighted by atomic mass is 9.94. The molecule has 2 unspecified atom stereocenters. The second-order valence-corrected chi connectivity index (χ2v) is 4.38. The van der Waals surface area contributed by atoms with Gasteiger partial charge in [0.2, 0.25) is 0 Å². The highest BCUT2D eigenvalue weighted by Gasteiger charge is 2.29. The Labute approximate surface area is 97.8 Å². The quantitative estimate of drug-likeness (QED) is 0.765. The van der Waals surface area contributed by atoms with Crippen molar-refractivity contribution in [2.24, 2.45) is 0 Å². The Kier molecular flexibility index (Phi) is 3.73. The summed E-state index contributed by atoms with van der Waals surface area (Å²) in [6.45, 7) is 7.02. The van der Waals surface area contributed by atoms with Crippen LogP contribution in [-0.4, -0.2) is 17.6 Å². The smallest absolute Gasteiger partial charge is 0.0482 e. The predicted molar refractivity (Wildman–Crippen MR) is 67.6 cm³/mol. The number of rotatable bonds is 5. The van der Waals surface area contributed by atoms with E-state index in [4.69, 9.17) is 0 Å². The number of aromatic nitrogens is 1. The lowest BCUT2D eigenvalue weighted by Gasteiger charge is -2.23. The average molecular weight is 216 g/mol. The lowest BCUT2D eigenvalue weighted by molar-refractivity contribution is 0.435. The van der Waals surface area contributed by atoms with Gasteiger partial charge in [0, 0.05) is 23.9 Å². The molecular weight excluding hydrogens is 196 g/mol. The predicted octanol–water partition coefficient (Wildman–Crippen LogP) is 2.67. The summed E-state index contributed by atoms with van der Waals surface area (Å²) in [6, 6.07) is 4.74. The Balaban J connectivity index is 2.18. The molecule has 1 N–H and O–H groups in total. The molecule has 0 spiro atoms. The van der Waals surface area contributed by atoms with Crippen LogP contribution in [0.15, 0.2) is 31.0 Å². The zero-order valence-corrected chi connectivity index (χ0v) is 9.95. The maximum absolute atomic E-state index is 4.55. The second-order valence-electron chi connectivity index (χ2n) is 4.38. The van der Waals surface area contributed by atoms with E-state index in [1.54, 1.807) is 0 Å². The van der Waals surface area contributed by atoms with Crippen LogP contribution < -0.4 is 5.32 Å². The molecule has 0 bridgehead atoms. The molecule has 0 aromatic carbocycles. The van der Waals surface area contributed by atoms with E-state index in [0.717, 1.165) is 13.0 Å². The van der Waals surface area contributed by atoms with Crippen molar-refractivity contribution in [1.29, 1.82) is 0 Å². The van der Waals surface area contributed by atoms with Crippen molar-refractivity contribution < 1.29 is 0 Å². The molecule has 1 aromatic rings. The first-order chi connectivity index (χ1) is 7.86. The molecule has 1 aliphatic rings. The van der Waals surface area contributed by atoms with Gasteiger partial charge in [0.25, 0.3) is 0 Å². The minimum atomic E-state index is 0.499. The summed E-state index contributed by atoms with van der Waals surface area (Å²) in [6.07, 6.45) is 7.33. The first-order valence-electron chi connectivity index (χ1n) is 6.15. The van der Waals surface area contributed by atoms with Gasteiger partial charge in [-0.25, -0.2) is 0 Å². The molecule has 0 aliphatic heterocycles. The first kappa shape index (κ1) is 11.3. The summed E-state index contributed by atoms with van der Waals surface area (Å²) in [5.74, 6) is 0.564. The Morgan fingerprint density at radius 1 is 1.69 bits per heavy atom. The molecule has 2 nitrogen and oxygen atoms in total. The van der Waals surface area contributed by atoms with Crippen LogP contribution in [0.3, 0.4) is 0 Å². The van der Waals surface area contributed by atoms with E-state index >= 15 is 0 Å². The van der Waals surface area contributed by atoms with Crippen molar-refractivity contribution in [3.63, 3.8) is 0 Å². The molecule has 2 atom stereocenters. The Morgan fingerprint density at radius 3 is 3.31 bits per heavy atom. The van der Waals surface area contributed by atoms with Gasteiger partial charge in [0.15, 0.2) is 0 Å². The normalized spacial score (nSPS) is 20.4. The van der Waals surface area contributed by atoms with Crippen LogP contribution in [0.1, 0.15) is 36.9 Å². The molecule has 0 saturated heterocycles. The van der Waals surface area contributed by atoms with Gasteiger partial charge in [0.1, 0.15) is 0 Å². The third-order valence-electron chi connectivity index (χ3n) is 3.37. The largest absolute Gasteiger partial charge is 0.313 e. The van der Waals surface area contributed by atoms with Gasteiger partial charge >= 0.3 is 0 Å². The number of likely N-dealkylation sites (N-methyl/N-ethyl adjacent to an activating group) is 1. The van der Waals surface area contributed by atoms with E-state index in [1.165, 1.54) is 24.1 Å². The summed E-state index contributed by atoms with van der Waals surface area (Å²) in [5, 5.41) is 3.56. The van der Waals surface area contributed by atoms with Crippen molar-refractivity contribution >= 4 is 0 Å². The summed E-state index contributed by atoms with van der Waals surface area (Å²) < 4.78 is 0. The van der Waals surface area contributed by atoms with Crippen molar-refractivity contribution in [3.8, 4) is 0 Å². The van der Waals surface area contributed by atoms with E-state index < -0.39 is 0 Å². The Morgan fingerprint density at radius 2 is 2.56 bits per heavy atom. The van der Waals surface area contributed by atoms with E-state index in [1.807, 2.05) is 18.3 Å². The van der Waals surface area contributed by atoms with Gasteiger partial charge < -0.3 is 5.32 Å². The molecule has 16 heavy (non-hydrogen) atoms. The van der Waals surface area contributed by atoms with Crippen LogP contribution in [0.25, 0.3) is 0 Å². The van der Waals surface area contributed by atoms with Gasteiger partial charge in [0.05, 0.1) is 0 Å². The van der Waals surface area contributed by atoms with Crippen LogP contribution in [0.2, 0.25) is 0 Å². The number of hydrogen-bond acceptors (Lipinski definition) is 2. The molecule has 1 aliphatic carbocycles. The zero-order chi connectivity index (χ0) is 11.4. The molecule has 86 valence electrons. The van der Waals surface area contributed by atoms with Crippen LogP contribution >= 0.6 is 0 Å². The monoisotopic (exact) mass is 216 g/mol. The average Bonchev–Trinajstić information content (AvgIpc) is 2.72. The lowest BCUT2D eigenvalue weighted by Crippen LogP contribution is -2.33. The van der Waals surface area contributed by atoms with Gasteiger partial charge in [-0.3, -0.25) is 4.98 Å². The van der Waals surface area contributed by atoms with Gasteiger partial charge in [-0.2, -0.15) is 0 Å². The number of nitrogens with one attached hydrogen (secondary N) is 1. The maximum Gasteiger partial charge on any atom is 0.0482 e. The van der Waals surface area contributed by atoms with E-state index in [-0.39, 0.29) is 0 Å².